The Kier molecular flexibility index (Phi) is 7.07. The molecule has 1 aromatic carbocycles. The third kappa shape index (κ3) is 5.59. The molecule has 2 heterocycles. The van der Waals surface area contributed by atoms with Crippen LogP contribution in [0.25, 0.3) is 0 Å². The number of nitrogens with zero attached hydrogens (tertiary/aromatic N) is 4. The van der Waals surface area contributed by atoms with Crippen LogP contribution in [0.3, 0.4) is 0 Å². The van der Waals surface area contributed by atoms with Crippen LogP contribution in [0.4, 0.5) is 0 Å². The molecule has 0 radical (unpaired) electrons. The molecule has 1 fully saturated rings. The summed E-state index contributed by atoms with van der Waals surface area (Å²) in [5.74, 6) is 0.857. The van der Waals surface area contributed by atoms with E-state index in [0.29, 0.717) is 0 Å². The normalized spacial score (nSPS) is 15.8. The Bertz CT molecular complexity index is 673. The van der Waals surface area contributed by atoms with E-state index < -0.39 is 0 Å². The summed E-state index contributed by atoms with van der Waals surface area (Å²) >= 11 is 0. The third-order valence-corrected chi connectivity index (χ3v) is 4.85. The molecule has 1 aromatic heterocycles. The van der Waals surface area contributed by atoms with Gasteiger partial charge in [-0.1, -0.05) is 30.7 Å². The minimum absolute atomic E-state index is 0.751. The lowest BCUT2D eigenvalue weighted by Crippen LogP contribution is -2.42. The van der Waals surface area contributed by atoms with E-state index in [-0.39, 0.29) is 0 Å². The molecule has 0 spiro atoms. The number of aromatic nitrogens is 2. The molecule has 140 valence electrons. The Balaban J connectivity index is 1.47. The van der Waals surface area contributed by atoms with Gasteiger partial charge >= 0.3 is 0 Å². The molecule has 0 saturated carbocycles. The molecule has 1 saturated heterocycles. The van der Waals surface area contributed by atoms with E-state index in [1.54, 1.807) is 0 Å². The first-order chi connectivity index (χ1) is 12.8. The van der Waals surface area contributed by atoms with Crippen LogP contribution in [-0.4, -0.2) is 53.9 Å². The number of hydrogen-bond donors (Lipinski definition) is 2. The van der Waals surface area contributed by atoms with Gasteiger partial charge in [0.05, 0.1) is 6.54 Å². The summed E-state index contributed by atoms with van der Waals surface area (Å²) in [5, 5.41) is 11.2. The maximum Gasteiger partial charge on any atom is 0.191 e. The van der Waals surface area contributed by atoms with Crippen LogP contribution in [0.1, 0.15) is 30.4 Å². The summed E-state index contributed by atoms with van der Waals surface area (Å²) in [6, 6.07) is 10.4. The van der Waals surface area contributed by atoms with E-state index in [1.807, 2.05) is 30.2 Å². The highest BCUT2D eigenvalue weighted by Crippen LogP contribution is 2.10. The zero-order chi connectivity index (χ0) is 18.0. The van der Waals surface area contributed by atoms with Crippen molar-refractivity contribution in [3.8, 4) is 0 Å². The zero-order valence-corrected chi connectivity index (χ0v) is 15.7. The van der Waals surface area contributed by atoms with E-state index in [4.69, 9.17) is 0 Å². The quantitative estimate of drug-likeness (QED) is 0.590. The van der Waals surface area contributed by atoms with Crippen molar-refractivity contribution in [2.24, 2.45) is 4.99 Å². The highest BCUT2D eigenvalue weighted by atomic mass is 15.3. The molecule has 6 heteroatoms. The van der Waals surface area contributed by atoms with Gasteiger partial charge in [-0.3, -0.25) is 9.67 Å². The molecule has 26 heavy (non-hydrogen) atoms. The minimum atomic E-state index is 0.751. The molecule has 0 amide bonds. The Hall–Kier alpha value is -2.34. The van der Waals surface area contributed by atoms with Crippen molar-refractivity contribution in [3.63, 3.8) is 0 Å². The van der Waals surface area contributed by atoms with Crippen LogP contribution in [-0.2, 0) is 13.1 Å². The van der Waals surface area contributed by atoms with Crippen LogP contribution < -0.4 is 10.6 Å². The second kappa shape index (κ2) is 9.97. The summed E-state index contributed by atoms with van der Waals surface area (Å²) in [6.07, 6.45) is 7.85. The molecule has 0 aliphatic carbocycles. The summed E-state index contributed by atoms with van der Waals surface area (Å²) in [5.41, 5.74) is 2.54. The first kappa shape index (κ1) is 18.5. The van der Waals surface area contributed by atoms with E-state index >= 15 is 0 Å². The molecule has 1 aliphatic rings. The fourth-order valence-corrected chi connectivity index (χ4v) is 3.37. The van der Waals surface area contributed by atoms with Crippen molar-refractivity contribution in [3.05, 3.63) is 53.9 Å². The summed E-state index contributed by atoms with van der Waals surface area (Å²) < 4.78 is 1.95. The molecule has 1 aliphatic heterocycles. The molecule has 0 atom stereocenters. The van der Waals surface area contributed by atoms with Gasteiger partial charge in [-0.25, -0.2) is 0 Å². The van der Waals surface area contributed by atoms with E-state index in [1.165, 1.54) is 43.5 Å². The highest BCUT2D eigenvalue weighted by molar-refractivity contribution is 5.79. The van der Waals surface area contributed by atoms with Crippen LogP contribution in [0, 0.1) is 0 Å². The van der Waals surface area contributed by atoms with E-state index in [9.17, 15) is 0 Å². The second-order valence-electron chi connectivity index (χ2n) is 6.73. The topological polar surface area (TPSA) is 57.5 Å². The Labute approximate surface area is 156 Å². The molecule has 0 unspecified atom stereocenters. The standard InChI is InChI=1S/C20H30N6/c1-21-20(22-11-15-25-12-5-2-6-13-25)23-16-18-8-3-4-9-19(18)17-26-14-7-10-24-26/h3-4,7-10,14H,2,5-6,11-13,15-17H2,1H3,(H2,21,22,23). The Morgan fingerprint density at radius 1 is 1.08 bits per heavy atom. The number of guanidine groups is 1. The van der Waals surface area contributed by atoms with Gasteiger partial charge in [-0.15, -0.1) is 0 Å². The lowest BCUT2D eigenvalue weighted by Gasteiger charge is -2.26. The first-order valence-electron chi connectivity index (χ1n) is 9.56. The maximum absolute atomic E-state index is 4.35. The van der Waals surface area contributed by atoms with Crippen molar-refractivity contribution >= 4 is 5.96 Å². The SMILES string of the molecule is CN=C(NCCN1CCCCC1)NCc1ccccc1Cn1cccn1. The first-order valence-corrected chi connectivity index (χ1v) is 9.56. The lowest BCUT2D eigenvalue weighted by molar-refractivity contribution is 0.232. The van der Waals surface area contributed by atoms with Crippen LogP contribution in [0.5, 0.6) is 0 Å². The zero-order valence-electron chi connectivity index (χ0n) is 15.7. The number of nitrogens with one attached hydrogen (secondary N) is 2. The van der Waals surface area contributed by atoms with E-state index in [2.05, 4.69) is 49.9 Å². The summed E-state index contributed by atoms with van der Waals surface area (Å²) in [7, 11) is 1.83. The maximum atomic E-state index is 4.35. The van der Waals surface area contributed by atoms with Gasteiger partial charge in [-0.2, -0.15) is 5.10 Å². The van der Waals surface area contributed by atoms with Crippen LogP contribution in [0.2, 0.25) is 0 Å². The van der Waals surface area contributed by atoms with Crippen molar-refractivity contribution in [1.82, 2.24) is 25.3 Å². The number of likely N-dealkylation sites (tertiary alicyclic amines) is 1. The average Bonchev–Trinajstić information content (AvgIpc) is 3.19. The predicted octanol–water partition coefficient (Wildman–Crippen LogP) is 2.08. The number of piperidine rings is 1. The van der Waals surface area contributed by atoms with Gasteiger partial charge in [-0.05, 0) is 43.1 Å². The fraction of sp³-hybridized carbons (Fsp3) is 0.500. The molecular formula is C20H30N6. The van der Waals surface area contributed by atoms with Gasteiger partial charge < -0.3 is 15.5 Å². The third-order valence-electron chi connectivity index (χ3n) is 4.85. The van der Waals surface area contributed by atoms with Crippen molar-refractivity contribution < 1.29 is 0 Å². The smallest absolute Gasteiger partial charge is 0.191 e. The van der Waals surface area contributed by atoms with Gasteiger partial charge in [0.2, 0.25) is 0 Å². The summed E-state index contributed by atoms with van der Waals surface area (Å²) in [4.78, 5) is 6.88. The predicted molar refractivity (Wildman–Crippen MR) is 106 cm³/mol. The number of rotatable bonds is 7. The van der Waals surface area contributed by atoms with Gasteiger partial charge in [0.1, 0.15) is 0 Å². The monoisotopic (exact) mass is 354 g/mol. The molecular weight excluding hydrogens is 324 g/mol. The Morgan fingerprint density at radius 3 is 2.62 bits per heavy atom. The van der Waals surface area contributed by atoms with E-state index in [0.717, 1.165) is 32.1 Å². The van der Waals surface area contributed by atoms with Crippen molar-refractivity contribution in [2.75, 3.05) is 33.2 Å². The highest BCUT2D eigenvalue weighted by Gasteiger charge is 2.09. The van der Waals surface area contributed by atoms with Gasteiger partial charge in [0.25, 0.3) is 0 Å². The fourth-order valence-electron chi connectivity index (χ4n) is 3.37. The van der Waals surface area contributed by atoms with Crippen molar-refractivity contribution in [1.29, 1.82) is 0 Å². The molecule has 6 nitrogen and oxygen atoms in total. The van der Waals surface area contributed by atoms with Crippen LogP contribution in [0.15, 0.2) is 47.7 Å². The Morgan fingerprint density at radius 2 is 1.88 bits per heavy atom. The molecule has 2 aromatic rings. The second-order valence-corrected chi connectivity index (χ2v) is 6.73. The molecule has 0 bridgehead atoms. The average molecular weight is 355 g/mol. The van der Waals surface area contributed by atoms with Gasteiger partial charge in [0, 0.05) is 39.1 Å². The lowest BCUT2D eigenvalue weighted by atomic mass is 10.1. The number of hydrogen-bond acceptors (Lipinski definition) is 3. The number of aliphatic imine (C=N–C) groups is 1. The van der Waals surface area contributed by atoms with Gasteiger partial charge in [0.15, 0.2) is 5.96 Å². The summed E-state index contributed by atoms with van der Waals surface area (Å²) in [6.45, 7) is 6.00. The van der Waals surface area contributed by atoms with Crippen molar-refractivity contribution in [2.45, 2.75) is 32.4 Å². The molecule has 3 rings (SSSR count). The largest absolute Gasteiger partial charge is 0.355 e. The number of benzene rings is 1. The van der Waals surface area contributed by atoms with Crippen LogP contribution >= 0.6 is 0 Å². The molecule has 2 N–H and O–H groups in total. The minimum Gasteiger partial charge on any atom is -0.355 e.